The SMILES string of the molecule is Cc1ccc(C#CC(O)(c2ccccc2)C(F)(F)F)cc1C. The second kappa shape index (κ2) is 5.86. The predicted molar refractivity (Wildman–Crippen MR) is 79.2 cm³/mol. The highest BCUT2D eigenvalue weighted by Crippen LogP contribution is 2.38. The maximum atomic E-state index is 13.3. The number of alkyl halides is 3. The van der Waals surface area contributed by atoms with E-state index in [4.69, 9.17) is 0 Å². The third-order valence-electron chi connectivity index (χ3n) is 3.50. The van der Waals surface area contributed by atoms with E-state index < -0.39 is 11.8 Å². The summed E-state index contributed by atoms with van der Waals surface area (Å²) in [5, 5.41) is 10.1. The fourth-order valence-electron chi connectivity index (χ4n) is 1.97. The lowest BCUT2D eigenvalue weighted by atomic mass is 9.93. The summed E-state index contributed by atoms with van der Waals surface area (Å²) in [4.78, 5) is 0. The van der Waals surface area contributed by atoms with Crippen LogP contribution in [-0.4, -0.2) is 11.3 Å². The van der Waals surface area contributed by atoms with Gasteiger partial charge < -0.3 is 5.11 Å². The summed E-state index contributed by atoms with van der Waals surface area (Å²) in [7, 11) is 0. The molecule has 4 heteroatoms. The molecule has 114 valence electrons. The molecule has 0 amide bonds. The van der Waals surface area contributed by atoms with E-state index >= 15 is 0 Å². The Labute approximate surface area is 127 Å². The Morgan fingerprint density at radius 1 is 0.909 bits per heavy atom. The van der Waals surface area contributed by atoms with Crippen molar-refractivity contribution in [2.75, 3.05) is 0 Å². The van der Waals surface area contributed by atoms with Gasteiger partial charge in [0.1, 0.15) is 0 Å². The van der Waals surface area contributed by atoms with E-state index in [0.29, 0.717) is 5.56 Å². The molecule has 22 heavy (non-hydrogen) atoms. The Morgan fingerprint density at radius 3 is 2.09 bits per heavy atom. The molecule has 0 aliphatic heterocycles. The van der Waals surface area contributed by atoms with Gasteiger partial charge in [-0.2, -0.15) is 13.2 Å². The van der Waals surface area contributed by atoms with Gasteiger partial charge in [-0.15, -0.1) is 0 Å². The quantitative estimate of drug-likeness (QED) is 0.786. The molecule has 1 N–H and O–H groups in total. The fourth-order valence-corrected chi connectivity index (χ4v) is 1.97. The molecular formula is C18H15F3O. The van der Waals surface area contributed by atoms with Gasteiger partial charge in [-0.25, -0.2) is 0 Å². The van der Waals surface area contributed by atoms with Crippen molar-refractivity contribution in [2.24, 2.45) is 0 Å². The highest BCUT2D eigenvalue weighted by atomic mass is 19.4. The van der Waals surface area contributed by atoms with Gasteiger partial charge in [-0.05, 0) is 43.0 Å². The molecule has 0 saturated carbocycles. The van der Waals surface area contributed by atoms with Crippen molar-refractivity contribution in [1.29, 1.82) is 0 Å². The van der Waals surface area contributed by atoms with Crippen LogP contribution in [0.4, 0.5) is 13.2 Å². The van der Waals surface area contributed by atoms with E-state index in [0.717, 1.165) is 11.1 Å². The summed E-state index contributed by atoms with van der Waals surface area (Å²) in [5.41, 5.74) is -1.09. The molecular weight excluding hydrogens is 289 g/mol. The Balaban J connectivity index is 2.50. The summed E-state index contributed by atoms with van der Waals surface area (Å²) < 4.78 is 39.9. The zero-order valence-corrected chi connectivity index (χ0v) is 12.2. The number of hydrogen-bond donors (Lipinski definition) is 1. The van der Waals surface area contributed by atoms with Crippen molar-refractivity contribution < 1.29 is 18.3 Å². The number of hydrogen-bond acceptors (Lipinski definition) is 1. The Kier molecular flexibility index (Phi) is 4.30. The lowest BCUT2D eigenvalue weighted by Crippen LogP contribution is -2.41. The largest absolute Gasteiger partial charge is 0.433 e. The maximum absolute atomic E-state index is 13.3. The molecule has 1 unspecified atom stereocenters. The average Bonchev–Trinajstić information content (AvgIpc) is 2.48. The predicted octanol–water partition coefficient (Wildman–Crippen LogP) is 4.11. The standard InChI is InChI=1S/C18H15F3O/c1-13-8-9-15(12-14(13)2)10-11-17(22,18(19,20)21)16-6-4-3-5-7-16/h3-9,12,22H,1-2H3. The summed E-state index contributed by atoms with van der Waals surface area (Å²) in [6.45, 7) is 3.76. The average molecular weight is 304 g/mol. The highest BCUT2D eigenvalue weighted by Gasteiger charge is 2.54. The molecule has 2 aromatic rings. The second-order valence-electron chi connectivity index (χ2n) is 5.12. The van der Waals surface area contributed by atoms with Crippen LogP contribution in [0.3, 0.4) is 0 Å². The van der Waals surface area contributed by atoms with E-state index in [2.05, 4.69) is 5.92 Å². The van der Waals surface area contributed by atoms with Crippen molar-refractivity contribution >= 4 is 0 Å². The van der Waals surface area contributed by atoms with Gasteiger partial charge in [-0.3, -0.25) is 0 Å². The number of aliphatic hydroxyl groups is 1. The summed E-state index contributed by atoms with van der Waals surface area (Å²) >= 11 is 0. The van der Waals surface area contributed by atoms with Gasteiger partial charge in [0.2, 0.25) is 5.60 Å². The molecule has 2 rings (SSSR count). The van der Waals surface area contributed by atoms with Gasteiger partial charge in [0, 0.05) is 11.1 Å². The van der Waals surface area contributed by atoms with Crippen LogP contribution in [-0.2, 0) is 5.60 Å². The monoisotopic (exact) mass is 304 g/mol. The van der Waals surface area contributed by atoms with E-state index in [9.17, 15) is 18.3 Å². The zero-order chi connectivity index (χ0) is 16.4. The first-order valence-corrected chi connectivity index (χ1v) is 6.69. The number of aryl methyl sites for hydroxylation is 2. The maximum Gasteiger partial charge on any atom is 0.433 e. The molecule has 0 fully saturated rings. The molecule has 0 aromatic heterocycles. The lowest BCUT2D eigenvalue weighted by Gasteiger charge is -2.25. The van der Waals surface area contributed by atoms with Crippen molar-refractivity contribution in [3.63, 3.8) is 0 Å². The topological polar surface area (TPSA) is 20.2 Å². The molecule has 0 aliphatic rings. The normalized spacial score (nSPS) is 13.9. The molecule has 0 bridgehead atoms. The first-order chi connectivity index (χ1) is 10.2. The third kappa shape index (κ3) is 3.15. The molecule has 0 aliphatic carbocycles. The first-order valence-electron chi connectivity index (χ1n) is 6.69. The van der Waals surface area contributed by atoms with Crippen LogP contribution in [0.5, 0.6) is 0 Å². The van der Waals surface area contributed by atoms with E-state index in [1.165, 1.54) is 24.3 Å². The number of halogens is 3. The van der Waals surface area contributed by atoms with E-state index in [1.54, 1.807) is 24.3 Å². The number of benzene rings is 2. The van der Waals surface area contributed by atoms with Crippen molar-refractivity contribution in [1.82, 2.24) is 0 Å². The minimum atomic E-state index is -4.89. The Hall–Kier alpha value is -2.25. The highest BCUT2D eigenvalue weighted by molar-refractivity contribution is 5.44. The van der Waals surface area contributed by atoms with Crippen molar-refractivity contribution in [2.45, 2.75) is 25.6 Å². The zero-order valence-electron chi connectivity index (χ0n) is 12.2. The van der Waals surface area contributed by atoms with Crippen LogP contribution in [0.1, 0.15) is 22.3 Å². The Morgan fingerprint density at radius 2 is 1.55 bits per heavy atom. The second-order valence-corrected chi connectivity index (χ2v) is 5.12. The van der Waals surface area contributed by atoms with Crippen molar-refractivity contribution in [3.05, 3.63) is 70.8 Å². The van der Waals surface area contributed by atoms with Crippen LogP contribution in [0.2, 0.25) is 0 Å². The molecule has 0 radical (unpaired) electrons. The van der Waals surface area contributed by atoms with Gasteiger partial charge in [0.25, 0.3) is 0 Å². The van der Waals surface area contributed by atoms with Crippen LogP contribution in [0.15, 0.2) is 48.5 Å². The minimum Gasteiger partial charge on any atom is -0.366 e. The van der Waals surface area contributed by atoms with Gasteiger partial charge >= 0.3 is 6.18 Å². The van der Waals surface area contributed by atoms with Crippen LogP contribution in [0, 0.1) is 25.7 Å². The minimum absolute atomic E-state index is 0.293. The van der Waals surface area contributed by atoms with Crippen molar-refractivity contribution in [3.8, 4) is 11.8 Å². The summed E-state index contributed by atoms with van der Waals surface area (Å²) in [5.74, 6) is 4.43. The summed E-state index contributed by atoms with van der Waals surface area (Å²) in [6, 6.07) is 12.0. The smallest absolute Gasteiger partial charge is 0.366 e. The molecule has 0 saturated heterocycles. The molecule has 1 nitrogen and oxygen atoms in total. The molecule has 2 aromatic carbocycles. The van der Waals surface area contributed by atoms with Crippen LogP contribution < -0.4 is 0 Å². The lowest BCUT2D eigenvalue weighted by molar-refractivity contribution is -0.240. The van der Waals surface area contributed by atoms with Crippen LogP contribution in [0.25, 0.3) is 0 Å². The van der Waals surface area contributed by atoms with E-state index in [1.807, 2.05) is 19.8 Å². The van der Waals surface area contributed by atoms with E-state index in [-0.39, 0.29) is 5.56 Å². The van der Waals surface area contributed by atoms with Gasteiger partial charge in [-0.1, -0.05) is 42.3 Å². The third-order valence-corrected chi connectivity index (χ3v) is 3.50. The van der Waals surface area contributed by atoms with Gasteiger partial charge in [0.15, 0.2) is 0 Å². The van der Waals surface area contributed by atoms with Gasteiger partial charge in [0.05, 0.1) is 0 Å². The fraction of sp³-hybridized carbons (Fsp3) is 0.222. The Bertz CT molecular complexity index is 723. The van der Waals surface area contributed by atoms with Crippen LogP contribution >= 0.6 is 0 Å². The molecule has 0 heterocycles. The number of rotatable bonds is 1. The summed E-state index contributed by atoms with van der Waals surface area (Å²) in [6.07, 6.45) is -4.89. The molecule has 0 spiro atoms. The first kappa shape index (κ1) is 16.1. The molecule has 1 atom stereocenters.